The molecule has 1 saturated heterocycles. The van der Waals surface area contributed by atoms with Crippen molar-refractivity contribution >= 4 is 17.4 Å². The summed E-state index contributed by atoms with van der Waals surface area (Å²) in [5.74, 6) is 0.750. The molecule has 3 N–H and O–H groups in total. The fourth-order valence-electron chi connectivity index (χ4n) is 2.99. The van der Waals surface area contributed by atoms with E-state index in [1.165, 1.54) is 6.20 Å². The lowest BCUT2D eigenvalue weighted by Gasteiger charge is -2.18. The minimum atomic E-state index is -1.04. The van der Waals surface area contributed by atoms with Crippen molar-refractivity contribution in [3.63, 3.8) is 0 Å². The number of hydrogen-bond acceptors (Lipinski definition) is 4. The summed E-state index contributed by atoms with van der Waals surface area (Å²) in [5, 5.41) is 14.8. The molecule has 1 amide bonds. The van der Waals surface area contributed by atoms with Crippen LogP contribution in [0.5, 0.6) is 0 Å². The van der Waals surface area contributed by atoms with Crippen LogP contribution in [0, 0.1) is 17.0 Å². The van der Waals surface area contributed by atoms with Gasteiger partial charge in [-0.2, -0.15) is 4.39 Å². The molecular formula is C10H12FN3O2S. The van der Waals surface area contributed by atoms with Gasteiger partial charge in [0.15, 0.2) is 5.13 Å². The first-order valence-electron chi connectivity index (χ1n) is 5.44. The zero-order valence-corrected chi connectivity index (χ0v) is 9.76. The van der Waals surface area contributed by atoms with Crippen molar-refractivity contribution in [2.75, 3.05) is 19.6 Å². The molecule has 1 aliphatic heterocycles. The van der Waals surface area contributed by atoms with Crippen molar-refractivity contribution in [3.05, 3.63) is 16.3 Å². The molecule has 1 unspecified atom stereocenters. The molecule has 1 aromatic rings. The van der Waals surface area contributed by atoms with E-state index in [4.69, 9.17) is 5.11 Å². The summed E-state index contributed by atoms with van der Waals surface area (Å²) >= 11 is 1.03. The molecule has 1 aliphatic carbocycles. The van der Waals surface area contributed by atoms with E-state index in [0.717, 1.165) is 29.4 Å². The maximum absolute atomic E-state index is 13.1. The Kier molecular flexibility index (Phi) is 2.34. The molecule has 0 spiro atoms. The molecule has 0 bridgehead atoms. The van der Waals surface area contributed by atoms with Gasteiger partial charge in [0, 0.05) is 12.0 Å². The molecule has 5 nitrogen and oxygen atoms in total. The second-order valence-corrected chi connectivity index (χ2v) is 5.52. The highest BCUT2D eigenvalue weighted by atomic mass is 32.1. The largest absolute Gasteiger partial charge is 0.465 e. The van der Waals surface area contributed by atoms with Gasteiger partial charge < -0.3 is 15.7 Å². The second kappa shape index (κ2) is 3.64. The minimum absolute atomic E-state index is 0.279. The number of carbonyl (C=O) groups is 1. The number of aromatic nitrogens is 1. The maximum Gasteiger partial charge on any atom is 0.404 e. The first-order valence-corrected chi connectivity index (χ1v) is 6.25. The second-order valence-electron chi connectivity index (χ2n) is 4.54. The van der Waals surface area contributed by atoms with Crippen LogP contribution in [0.25, 0.3) is 0 Å². The highest BCUT2D eigenvalue weighted by molar-refractivity contribution is 7.10. The predicted octanol–water partition coefficient (Wildman–Crippen LogP) is 0.637. The molecule has 3 atom stereocenters. The number of rotatable bonds is 3. The fourth-order valence-corrected chi connectivity index (χ4v) is 3.95. The van der Waals surface area contributed by atoms with Crippen LogP contribution in [0.15, 0.2) is 6.20 Å². The Hall–Kier alpha value is -1.21. The Morgan fingerprint density at radius 2 is 2.41 bits per heavy atom. The Bertz CT molecular complexity index is 454. The van der Waals surface area contributed by atoms with Crippen molar-refractivity contribution in [1.82, 2.24) is 15.6 Å². The predicted molar refractivity (Wildman–Crippen MR) is 59.6 cm³/mol. The molecule has 17 heavy (non-hydrogen) atoms. The van der Waals surface area contributed by atoms with E-state index < -0.39 is 6.09 Å². The van der Waals surface area contributed by atoms with Crippen molar-refractivity contribution in [3.8, 4) is 0 Å². The average molecular weight is 257 g/mol. The van der Waals surface area contributed by atoms with Gasteiger partial charge in [-0.25, -0.2) is 9.78 Å². The summed E-state index contributed by atoms with van der Waals surface area (Å²) in [6, 6.07) is 0. The van der Waals surface area contributed by atoms with Gasteiger partial charge in [-0.1, -0.05) is 11.3 Å². The number of nitrogens with one attached hydrogen (secondary N) is 2. The van der Waals surface area contributed by atoms with E-state index in [0.29, 0.717) is 18.4 Å². The van der Waals surface area contributed by atoms with Crippen molar-refractivity contribution in [2.24, 2.45) is 11.8 Å². The van der Waals surface area contributed by atoms with Gasteiger partial charge >= 0.3 is 6.09 Å². The first kappa shape index (κ1) is 10.9. The summed E-state index contributed by atoms with van der Waals surface area (Å²) in [5.41, 5.74) is -0.279. The Morgan fingerprint density at radius 3 is 2.94 bits per heavy atom. The number of halogens is 1. The van der Waals surface area contributed by atoms with E-state index in [-0.39, 0.29) is 10.5 Å². The smallest absolute Gasteiger partial charge is 0.404 e. The molecule has 1 saturated carbocycles. The normalized spacial score (nSPS) is 34.4. The molecule has 92 valence electrons. The third-order valence-corrected chi connectivity index (χ3v) is 4.82. The summed E-state index contributed by atoms with van der Waals surface area (Å²) in [7, 11) is 0. The van der Waals surface area contributed by atoms with E-state index in [2.05, 4.69) is 15.6 Å². The molecule has 2 fully saturated rings. The van der Waals surface area contributed by atoms with Crippen LogP contribution in [0.3, 0.4) is 0 Å². The molecule has 7 heteroatoms. The third kappa shape index (κ3) is 1.53. The molecule has 0 aromatic carbocycles. The van der Waals surface area contributed by atoms with Crippen LogP contribution < -0.4 is 10.6 Å². The monoisotopic (exact) mass is 257 g/mol. The van der Waals surface area contributed by atoms with Gasteiger partial charge in [-0.3, -0.25) is 0 Å². The van der Waals surface area contributed by atoms with Crippen LogP contribution in [-0.4, -0.2) is 35.8 Å². The Morgan fingerprint density at radius 1 is 1.71 bits per heavy atom. The third-order valence-electron chi connectivity index (χ3n) is 3.84. The number of amides is 1. The Labute approximate surface area is 101 Å². The van der Waals surface area contributed by atoms with E-state index in [1.807, 2.05) is 0 Å². The SMILES string of the molecule is O=C(O)NCC1(c2ncc(F)s2)[C@@H]2CNC[C@@H]21. The topological polar surface area (TPSA) is 74.2 Å². The number of fused-ring (bicyclic) bond motifs is 1. The van der Waals surface area contributed by atoms with Gasteiger partial charge in [0.05, 0.1) is 6.20 Å². The summed E-state index contributed by atoms with van der Waals surface area (Å²) < 4.78 is 13.1. The minimum Gasteiger partial charge on any atom is -0.465 e. The average Bonchev–Trinajstić information content (AvgIpc) is 2.73. The maximum atomic E-state index is 13.1. The summed E-state index contributed by atoms with van der Waals surface area (Å²) in [6.07, 6.45) is 0.170. The number of hydrogen-bond donors (Lipinski definition) is 3. The van der Waals surface area contributed by atoms with E-state index in [9.17, 15) is 9.18 Å². The lowest BCUT2D eigenvalue weighted by Crippen LogP contribution is -2.37. The van der Waals surface area contributed by atoms with Crippen LogP contribution in [0.1, 0.15) is 5.01 Å². The highest BCUT2D eigenvalue weighted by Gasteiger charge is 2.68. The van der Waals surface area contributed by atoms with Crippen LogP contribution in [-0.2, 0) is 5.41 Å². The standard InChI is InChI=1S/C10H12FN3O2S/c11-7-3-13-8(17-7)10(4-14-9(15)16)5-1-12-2-6(5)10/h3,5-6,12,14H,1-2,4H2,(H,15,16)/t5-,6+,10?. The van der Waals surface area contributed by atoms with Crippen molar-refractivity contribution < 1.29 is 14.3 Å². The molecule has 0 radical (unpaired) electrons. The van der Waals surface area contributed by atoms with E-state index in [1.54, 1.807) is 0 Å². The van der Waals surface area contributed by atoms with Gasteiger partial charge in [0.2, 0.25) is 0 Å². The van der Waals surface area contributed by atoms with Crippen molar-refractivity contribution in [2.45, 2.75) is 5.41 Å². The lowest BCUT2D eigenvalue weighted by atomic mass is 10.0. The molecular weight excluding hydrogens is 245 g/mol. The number of carboxylic acid groups (broad SMARTS) is 1. The summed E-state index contributed by atoms with van der Waals surface area (Å²) in [6.45, 7) is 2.03. The van der Waals surface area contributed by atoms with Crippen molar-refractivity contribution in [1.29, 1.82) is 0 Å². The first-order chi connectivity index (χ1) is 8.14. The van der Waals surface area contributed by atoms with Gasteiger partial charge in [-0.15, -0.1) is 0 Å². The molecule has 2 aliphatic rings. The quantitative estimate of drug-likeness (QED) is 0.743. The highest BCUT2D eigenvalue weighted by Crippen LogP contribution is 2.61. The zero-order valence-electron chi connectivity index (χ0n) is 8.94. The Balaban J connectivity index is 1.86. The van der Waals surface area contributed by atoms with Crippen LogP contribution in [0.2, 0.25) is 0 Å². The van der Waals surface area contributed by atoms with Crippen LogP contribution >= 0.6 is 11.3 Å². The molecule has 1 aromatic heterocycles. The summed E-state index contributed by atoms with van der Waals surface area (Å²) in [4.78, 5) is 14.7. The zero-order chi connectivity index (χ0) is 12.0. The van der Waals surface area contributed by atoms with Gasteiger partial charge in [-0.05, 0) is 24.9 Å². The number of piperidine rings is 1. The fraction of sp³-hybridized carbons (Fsp3) is 0.600. The number of nitrogens with zero attached hydrogens (tertiary/aromatic N) is 1. The van der Waals surface area contributed by atoms with Gasteiger partial charge in [0.1, 0.15) is 5.01 Å². The van der Waals surface area contributed by atoms with Gasteiger partial charge in [0.25, 0.3) is 0 Å². The molecule has 3 rings (SSSR count). The van der Waals surface area contributed by atoms with E-state index >= 15 is 0 Å². The molecule has 2 heterocycles. The lowest BCUT2D eigenvalue weighted by molar-refractivity contribution is 0.192. The van der Waals surface area contributed by atoms with Crippen LogP contribution in [0.4, 0.5) is 9.18 Å². The number of thiazole rings is 1.